The Bertz CT molecular complexity index is 1270. The van der Waals surface area contributed by atoms with Crippen molar-refractivity contribution in [3.63, 3.8) is 0 Å². The molecule has 0 aliphatic carbocycles. The van der Waals surface area contributed by atoms with Crippen LogP contribution in [0.4, 0.5) is 0 Å². The summed E-state index contributed by atoms with van der Waals surface area (Å²) in [6, 6.07) is 23.7. The van der Waals surface area contributed by atoms with Gasteiger partial charge in [0.05, 0.1) is 21.8 Å². The van der Waals surface area contributed by atoms with Crippen LogP contribution in [0.2, 0.25) is 5.02 Å². The second kappa shape index (κ2) is 8.70. The number of fused-ring (bicyclic) bond motifs is 1. The van der Waals surface area contributed by atoms with Gasteiger partial charge < -0.3 is 4.74 Å². The molecule has 0 saturated heterocycles. The number of aromatic nitrogens is 1. The number of benzene rings is 3. The van der Waals surface area contributed by atoms with Crippen LogP contribution >= 0.6 is 11.6 Å². The van der Waals surface area contributed by atoms with E-state index in [0.717, 1.165) is 5.56 Å². The van der Waals surface area contributed by atoms with Crippen LogP contribution in [-0.2, 0) is 4.74 Å². The highest BCUT2D eigenvalue weighted by atomic mass is 35.5. The minimum Gasteiger partial charge on any atom is -0.451 e. The number of Topliss-reactive ketones (excluding diaryl/α,β-unsaturated/α-hetero) is 1. The van der Waals surface area contributed by atoms with Gasteiger partial charge in [-0.2, -0.15) is 0 Å². The topological polar surface area (TPSA) is 56.3 Å². The van der Waals surface area contributed by atoms with Gasteiger partial charge in [-0.05, 0) is 25.5 Å². The summed E-state index contributed by atoms with van der Waals surface area (Å²) in [4.78, 5) is 30.7. The third-order valence-corrected chi connectivity index (χ3v) is 5.48. The maximum Gasteiger partial charge on any atom is 0.339 e. The number of nitrogens with zero attached hydrogens (tertiary/aromatic N) is 1. The van der Waals surface area contributed by atoms with Crippen molar-refractivity contribution in [3.8, 4) is 11.3 Å². The maximum atomic E-state index is 13.3. The molecule has 1 heterocycles. The summed E-state index contributed by atoms with van der Waals surface area (Å²) in [6.07, 6.45) is -0.933. The van der Waals surface area contributed by atoms with Crippen LogP contribution in [0.1, 0.15) is 33.2 Å². The monoisotopic (exact) mass is 429 g/mol. The summed E-state index contributed by atoms with van der Waals surface area (Å²) in [5.74, 6) is -0.840. The van der Waals surface area contributed by atoms with Gasteiger partial charge in [-0.25, -0.2) is 9.78 Å². The molecule has 0 saturated carbocycles. The Morgan fingerprint density at radius 3 is 2.23 bits per heavy atom. The van der Waals surface area contributed by atoms with Crippen molar-refractivity contribution in [2.75, 3.05) is 0 Å². The molecule has 0 bridgehead atoms. The largest absolute Gasteiger partial charge is 0.451 e. The molecule has 4 rings (SSSR count). The molecule has 5 heteroatoms. The molecule has 0 fully saturated rings. The number of esters is 1. The average Bonchev–Trinajstić information content (AvgIpc) is 2.79. The van der Waals surface area contributed by atoms with Crippen LogP contribution in [0.15, 0.2) is 78.9 Å². The molecule has 0 spiro atoms. The zero-order valence-corrected chi connectivity index (χ0v) is 17.9. The smallest absolute Gasteiger partial charge is 0.339 e. The molecule has 0 aliphatic rings. The first-order chi connectivity index (χ1) is 15.0. The van der Waals surface area contributed by atoms with Gasteiger partial charge in [0.15, 0.2) is 6.10 Å². The minimum atomic E-state index is -0.933. The number of pyridine rings is 1. The van der Waals surface area contributed by atoms with Gasteiger partial charge in [0, 0.05) is 16.5 Å². The number of rotatable bonds is 5. The molecule has 154 valence electrons. The quantitative estimate of drug-likeness (QED) is 0.276. The van der Waals surface area contributed by atoms with Gasteiger partial charge in [-0.1, -0.05) is 84.4 Å². The van der Waals surface area contributed by atoms with Gasteiger partial charge in [0.2, 0.25) is 5.78 Å². The summed E-state index contributed by atoms with van der Waals surface area (Å²) in [5.41, 5.74) is 3.55. The van der Waals surface area contributed by atoms with Crippen molar-refractivity contribution in [2.24, 2.45) is 0 Å². The highest BCUT2D eigenvalue weighted by Crippen LogP contribution is 2.33. The van der Waals surface area contributed by atoms with E-state index in [1.807, 2.05) is 43.3 Å². The average molecular weight is 430 g/mol. The number of halogens is 1. The van der Waals surface area contributed by atoms with E-state index in [1.165, 1.54) is 0 Å². The summed E-state index contributed by atoms with van der Waals surface area (Å²) >= 11 is 6.41. The molecule has 0 amide bonds. The van der Waals surface area contributed by atoms with Crippen molar-refractivity contribution in [1.29, 1.82) is 0 Å². The Morgan fingerprint density at radius 1 is 0.903 bits per heavy atom. The predicted octanol–water partition coefficient (Wildman–Crippen LogP) is 6.29. The zero-order valence-electron chi connectivity index (χ0n) is 17.1. The van der Waals surface area contributed by atoms with E-state index in [4.69, 9.17) is 21.3 Å². The minimum absolute atomic E-state index is 0.258. The Morgan fingerprint density at radius 2 is 1.55 bits per heavy atom. The molecule has 1 unspecified atom stereocenters. The lowest BCUT2D eigenvalue weighted by Crippen LogP contribution is -2.25. The molecule has 0 radical (unpaired) electrons. The van der Waals surface area contributed by atoms with Crippen molar-refractivity contribution >= 4 is 34.3 Å². The number of hydrogen-bond acceptors (Lipinski definition) is 4. The zero-order chi connectivity index (χ0) is 22.0. The van der Waals surface area contributed by atoms with E-state index in [-0.39, 0.29) is 5.78 Å². The van der Waals surface area contributed by atoms with Gasteiger partial charge in [-0.15, -0.1) is 0 Å². The lowest BCUT2D eigenvalue weighted by atomic mass is 9.97. The second-order valence-electron chi connectivity index (χ2n) is 7.24. The highest BCUT2D eigenvalue weighted by Gasteiger charge is 2.25. The molecular formula is C26H20ClNO3. The van der Waals surface area contributed by atoms with Crippen LogP contribution in [0, 0.1) is 6.92 Å². The molecule has 4 aromatic rings. The fourth-order valence-electron chi connectivity index (χ4n) is 3.60. The van der Waals surface area contributed by atoms with Gasteiger partial charge in [0.1, 0.15) is 0 Å². The first kappa shape index (κ1) is 20.8. The summed E-state index contributed by atoms with van der Waals surface area (Å²) in [6.45, 7) is 3.41. The maximum absolute atomic E-state index is 13.3. The predicted molar refractivity (Wildman–Crippen MR) is 123 cm³/mol. The van der Waals surface area contributed by atoms with Crippen LogP contribution in [0.25, 0.3) is 22.2 Å². The highest BCUT2D eigenvalue weighted by molar-refractivity contribution is 6.35. The number of para-hydroxylation sites is 1. The second-order valence-corrected chi connectivity index (χ2v) is 7.65. The van der Waals surface area contributed by atoms with Crippen molar-refractivity contribution in [2.45, 2.75) is 20.0 Å². The number of carbonyl (C=O) groups is 2. The molecule has 31 heavy (non-hydrogen) atoms. The molecule has 0 aliphatic heterocycles. The lowest BCUT2D eigenvalue weighted by molar-refractivity contribution is 0.0320. The molecule has 0 N–H and O–H groups in total. The fraction of sp³-hybridized carbons (Fsp3) is 0.115. The SMILES string of the molecule is Cc1c(-c2ccccc2)nc2c(Cl)cccc2c1C(=O)OC(C)C(=O)c1ccccc1. The normalized spacial score (nSPS) is 11.8. The van der Waals surface area contributed by atoms with Crippen LogP contribution in [0.3, 0.4) is 0 Å². The third kappa shape index (κ3) is 4.07. The first-order valence-corrected chi connectivity index (χ1v) is 10.3. The van der Waals surface area contributed by atoms with Crippen LogP contribution in [0.5, 0.6) is 0 Å². The van der Waals surface area contributed by atoms with E-state index in [1.54, 1.807) is 49.4 Å². The van der Waals surface area contributed by atoms with E-state index in [0.29, 0.717) is 38.3 Å². The van der Waals surface area contributed by atoms with Crippen molar-refractivity contribution in [1.82, 2.24) is 4.98 Å². The van der Waals surface area contributed by atoms with Crippen molar-refractivity contribution in [3.05, 3.63) is 101 Å². The number of carbonyl (C=O) groups excluding carboxylic acids is 2. The molecule has 4 nitrogen and oxygen atoms in total. The summed E-state index contributed by atoms with van der Waals surface area (Å²) in [5, 5.41) is 1.03. The molecule has 1 atom stereocenters. The van der Waals surface area contributed by atoms with E-state index < -0.39 is 12.1 Å². The van der Waals surface area contributed by atoms with E-state index >= 15 is 0 Å². The fourth-order valence-corrected chi connectivity index (χ4v) is 3.81. The summed E-state index contributed by atoms with van der Waals surface area (Å²) < 4.78 is 5.61. The van der Waals surface area contributed by atoms with Gasteiger partial charge in [-0.3, -0.25) is 4.79 Å². The number of ether oxygens (including phenoxy) is 1. The molecule has 3 aromatic carbocycles. The standard InChI is InChI=1S/C26H20ClNO3/c1-16-22(26(30)31-17(2)25(29)19-12-7-4-8-13-19)20-14-9-15-21(27)24(20)28-23(16)18-10-5-3-6-11-18/h3-15,17H,1-2H3. The van der Waals surface area contributed by atoms with Crippen LogP contribution in [-0.4, -0.2) is 22.8 Å². The Kier molecular flexibility index (Phi) is 5.83. The first-order valence-electron chi connectivity index (χ1n) is 9.92. The van der Waals surface area contributed by atoms with E-state index in [9.17, 15) is 9.59 Å². The Labute approximate surface area is 185 Å². The Hall–Kier alpha value is -3.50. The number of hydrogen-bond donors (Lipinski definition) is 0. The third-order valence-electron chi connectivity index (χ3n) is 5.17. The van der Waals surface area contributed by atoms with Crippen LogP contribution < -0.4 is 0 Å². The van der Waals surface area contributed by atoms with Gasteiger partial charge >= 0.3 is 5.97 Å². The summed E-state index contributed by atoms with van der Waals surface area (Å²) in [7, 11) is 0. The molecule has 1 aromatic heterocycles. The number of ketones is 1. The van der Waals surface area contributed by atoms with Crippen molar-refractivity contribution < 1.29 is 14.3 Å². The lowest BCUT2D eigenvalue weighted by Gasteiger charge is -2.17. The molecular weight excluding hydrogens is 410 g/mol. The Balaban J connectivity index is 1.79. The van der Waals surface area contributed by atoms with E-state index in [2.05, 4.69) is 0 Å². The van der Waals surface area contributed by atoms with Gasteiger partial charge in [0.25, 0.3) is 0 Å².